The molecular formula is C14H19NO3S. The van der Waals surface area contributed by atoms with Gasteiger partial charge in [0.2, 0.25) is 5.91 Å². The zero-order valence-corrected chi connectivity index (χ0v) is 11.9. The van der Waals surface area contributed by atoms with Crippen LogP contribution in [0.3, 0.4) is 0 Å². The summed E-state index contributed by atoms with van der Waals surface area (Å²) in [4.78, 5) is 12.7. The van der Waals surface area contributed by atoms with Gasteiger partial charge in [-0.15, -0.1) is 11.8 Å². The van der Waals surface area contributed by atoms with Crippen LogP contribution in [-0.4, -0.2) is 38.0 Å². The molecule has 4 nitrogen and oxygen atoms in total. The summed E-state index contributed by atoms with van der Waals surface area (Å²) in [6.45, 7) is 1.45. The molecule has 1 aliphatic rings. The lowest BCUT2D eigenvalue weighted by Crippen LogP contribution is -2.32. The minimum absolute atomic E-state index is 0.0521. The third kappa shape index (κ3) is 4.76. The van der Waals surface area contributed by atoms with Gasteiger partial charge in [0, 0.05) is 18.0 Å². The molecule has 0 saturated carbocycles. The Balaban J connectivity index is 1.67. The number of hydrogen-bond acceptors (Lipinski definition) is 4. The van der Waals surface area contributed by atoms with E-state index in [1.807, 2.05) is 24.3 Å². The van der Waals surface area contributed by atoms with E-state index in [9.17, 15) is 4.79 Å². The van der Waals surface area contributed by atoms with Crippen LogP contribution >= 0.6 is 11.8 Å². The van der Waals surface area contributed by atoms with E-state index in [0.29, 0.717) is 12.3 Å². The zero-order chi connectivity index (χ0) is 13.5. The van der Waals surface area contributed by atoms with Gasteiger partial charge in [0.05, 0.1) is 19.0 Å². The normalized spacial score (nSPS) is 18.3. The van der Waals surface area contributed by atoms with E-state index in [1.54, 1.807) is 7.11 Å². The van der Waals surface area contributed by atoms with E-state index < -0.39 is 0 Å². The number of ether oxygens (including phenoxy) is 2. The minimum atomic E-state index is 0.0521. The second-order valence-corrected chi connectivity index (χ2v) is 5.45. The van der Waals surface area contributed by atoms with Crippen molar-refractivity contribution in [1.29, 1.82) is 0 Å². The predicted molar refractivity (Wildman–Crippen MR) is 75.7 cm³/mol. The van der Waals surface area contributed by atoms with Crippen molar-refractivity contribution in [3.8, 4) is 5.75 Å². The number of methoxy groups -OCH3 is 1. The highest BCUT2D eigenvalue weighted by molar-refractivity contribution is 8.00. The second kappa shape index (κ2) is 7.40. The van der Waals surface area contributed by atoms with E-state index in [4.69, 9.17) is 9.47 Å². The maximum Gasteiger partial charge on any atom is 0.230 e. The molecule has 0 radical (unpaired) electrons. The second-order valence-electron chi connectivity index (χ2n) is 4.40. The van der Waals surface area contributed by atoms with Crippen LogP contribution < -0.4 is 10.1 Å². The lowest BCUT2D eigenvalue weighted by molar-refractivity contribution is -0.119. The summed E-state index contributed by atoms with van der Waals surface area (Å²) in [7, 11) is 1.64. The first-order chi connectivity index (χ1) is 9.28. The summed E-state index contributed by atoms with van der Waals surface area (Å²) in [5.74, 6) is 1.31. The van der Waals surface area contributed by atoms with E-state index in [-0.39, 0.29) is 12.0 Å². The maximum absolute atomic E-state index is 11.7. The van der Waals surface area contributed by atoms with Crippen molar-refractivity contribution in [2.75, 3.05) is 26.0 Å². The standard InChI is InChI=1S/C14H19NO3S/c1-17-11-4-6-13(7-5-11)19-10-14(16)15-9-12-3-2-8-18-12/h4-7,12H,2-3,8-10H2,1H3,(H,15,16)/t12-/m1/s1. The average Bonchev–Trinajstić information content (AvgIpc) is 2.96. The Morgan fingerprint density at radius 3 is 2.89 bits per heavy atom. The SMILES string of the molecule is COc1ccc(SCC(=O)NC[C@H]2CCCO2)cc1. The first kappa shape index (κ1) is 14.2. The molecule has 0 bridgehead atoms. The Morgan fingerprint density at radius 2 is 2.26 bits per heavy atom. The topological polar surface area (TPSA) is 47.6 Å². The average molecular weight is 281 g/mol. The van der Waals surface area contributed by atoms with Gasteiger partial charge in [-0.25, -0.2) is 0 Å². The number of hydrogen-bond donors (Lipinski definition) is 1. The molecule has 1 fully saturated rings. The number of rotatable bonds is 6. The highest BCUT2D eigenvalue weighted by atomic mass is 32.2. The molecule has 19 heavy (non-hydrogen) atoms. The Kier molecular flexibility index (Phi) is 5.54. The van der Waals surface area contributed by atoms with E-state index in [2.05, 4.69) is 5.32 Å². The van der Waals surface area contributed by atoms with Gasteiger partial charge < -0.3 is 14.8 Å². The summed E-state index contributed by atoms with van der Waals surface area (Å²) < 4.78 is 10.5. The van der Waals surface area contributed by atoms with Gasteiger partial charge in [0.25, 0.3) is 0 Å². The molecule has 1 aliphatic heterocycles. The molecule has 0 aliphatic carbocycles. The van der Waals surface area contributed by atoms with Gasteiger partial charge >= 0.3 is 0 Å². The molecule has 1 saturated heterocycles. The van der Waals surface area contributed by atoms with Crippen molar-refractivity contribution in [1.82, 2.24) is 5.32 Å². The van der Waals surface area contributed by atoms with Crippen LogP contribution in [0.2, 0.25) is 0 Å². The minimum Gasteiger partial charge on any atom is -0.497 e. The summed E-state index contributed by atoms with van der Waals surface area (Å²) in [6.07, 6.45) is 2.35. The van der Waals surface area contributed by atoms with Crippen LogP contribution in [0, 0.1) is 0 Å². The number of carbonyl (C=O) groups excluding carboxylic acids is 1. The fourth-order valence-corrected chi connectivity index (χ4v) is 2.63. The number of nitrogens with one attached hydrogen (secondary N) is 1. The van der Waals surface area contributed by atoms with Gasteiger partial charge in [-0.1, -0.05) is 0 Å². The number of thioether (sulfide) groups is 1. The Morgan fingerprint density at radius 1 is 1.47 bits per heavy atom. The van der Waals surface area contributed by atoms with Crippen molar-refractivity contribution in [2.24, 2.45) is 0 Å². The number of carbonyl (C=O) groups is 1. The lowest BCUT2D eigenvalue weighted by atomic mass is 10.2. The lowest BCUT2D eigenvalue weighted by Gasteiger charge is -2.10. The summed E-state index contributed by atoms with van der Waals surface area (Å²) in [6, 6.07) is 7.70. The molecule has 1 atom stereocenters. The molecule has 0 unspecified atom stereocenters. The fraction of sp³-hybridized carbons (Fsp3) is 0.500. The zero-order valence-electron chi connectivity index (χ0n) is 11.1. The van der Waals surface area contributed by atoms with Crippen LogP contribution in [-0.2, 0) is 9.53 Å². The van der Waals surface area contributed by atoms with Crippen molar-refractivity contribution >= 4 is 17.7 Å². The summed E-state index contributed by atoms with van der Waals surface area (Å²) in [5.41, 5.74) is 0. The Hall–Kier alpha value is -1.20. The Bertz CT molecular complexity index is 402. The maximum atomic E-state index is 11.7. The van der Waals surface area contributed by atoms with Gasteiger partial charge in [-0.05, 0) is 37.1 Å². The number of amides is 1. The quantitative estimate of drug-likeness (QED) is 0.811. The van der Waals surface area contributed by atoms with Gasteiger partial charge in [0.1, 0.15) is 5.75 Å². The third-order valence-corrected chi connectivity index (χ3v) is 3.99. The third-order valence-electron chi connectivity index (χ3n) is 2.98. The largest absolute Gasteiger partial charge is 0.497 e. The summed E-state index contributed by atoms with van der Waals surface area (Å²) >= 11 is 1.52. The van der Waals surface area contributed by atoms with Gasteiger partial charge in [-0.3, -0.25) is 4.79 Å². The van der Waals surface area contributed by atoms with E-state index >= 15 is 0 Å². The monoisotopic (exact) mass is 281 g/mol. The van der Waals surface area contributed by atoms with Crippen molar-refractivity contribution in [2.45, 2.75) is 23.8 Å². The molecule has 0 spiro atoms. The molecule has 0 aromatic heterocycles. The van der Waals surface area contributed by atoms with Gasteiger partial charge in [0.15, 0.2) is 0 Å². The van der Waals surface area contributed by atoms with Crippen LogP contribution in [0.15, 0.2) is 29.2 Å². The Labute approximate surface area is 117 Å². The molecule has 1 heterocycles. The molecule has 1 amide bonds. The highest BCUT2D eigenvalue weighted by Crippen LogP contribution is 2.21. The van der Waals surface area contributed by atoms with Crippen molar-refractivity contribution < 1.29 is 14.3 Å². The molecule has 5 heteroatoms. The van der Waals surface area contributed by atoms with Crippen LogP contribution in [0.1, 0.15) is 12.8 Å². The van der Waals surface area contributed by atoms with Crippen molar-refractivity contribution in [3.05, 3.63) is 24.3 Å². The van der Waals surface area contributed by atoms with Crippen LogP contribution in [0.4, 0.5) is 0 Å². The fourth-order valence-electron chi connectivity index (χ4n) is 1.90. The van der Waals surface area contributed by atoms with Crippen LogP contribution in [0.25, 0.3) is 0 Å². The molecule has 104 valence electrons. The van der Waals surface area contributed by atoms with Crippen LogP contribution in [0.5, 0.6) is 5.75 Å². The first-order valence-corrected chi connectivity index (χ1v) is 7.41. The molecule has 1 aromatic carbocycles. The number of benzene rings is 1. The predicted octanol–water partition coefficient (Wildman–Crippen LogP) is 2.08. The van der Waals surface area contributed by atoms with Gasteiger partial charge in [-0.2, -0.15) is 0 Å². The smallest absolute Gasteiger partial charge is 0.230 e. The molecule has 1 N–H and O–H groups in total. The first-order valence-electron chi connectivity index (χ1n) is 6.43. The van der Waals surface area contributed by atoms with Crippen molar-refractivity contribution in [3.63, 3.8) is 0 Å². The molecular weight excluding hydrogens is 262 g/mol. The molecule has 2 rings (SSSR count). The van der Waals surface area contributed by atoms with E-state index in [0.717, 1.165) is 30.1 Å². The van der Waals surface area contributed by atoms with E-state index in [1.165, 1.54) is 11.8 Å². The highest BCUT2D eigenvalue weighted by Gasteiger charge is 2.15. The summed E-state index contributed by atoms with van der Waals surface area (Å²) in [5, 5.41) is 2.91. The molecule has 1 aromatic rings.